The molecule has 14 heavy (non-hydrogen) atoms. The molecule has 0 bridgehead atoms. The van der Waals surface area contributed by atoms with Crippen molar-refractivity contribution in [1.82, 2.24) is 10.2 Å². The van der Waals surface area contributed by atoms with Gasteiger partial charge in [0.25, 0.3) is 0 Å². The molecular weight excluding hydrogens is 172 g/mol. The Balaban J connectivity index is 1.71. The van der Waals surface area contributed by atoms with Gasteiger partial charge in [0.15, 0.2) is 0 Å². The van der Waals surface area contributed by atoms with Crippen molar-refractivity contribution in [2.24, 2.45) is 5.92 Å². The lowest BCUT2D eigenvalue weighted by Gasteiger charge is -2.21. The average molecular weight is 196 g/mol. The third-order valence-electron chi connectivity index (χ3n) is 3.73. The van der Waals surface area contributed by atoms with Gasteiger partial charge in [-0.25, -0.2) is 0 Å². The molecule has 0 amide bonds. The van der Waals surface area contributed by atoms with Gasteiger partial charge in [-0.1, -0.05) is 13.8 Å². The van der Waals surface area contributed by atoms with Crippen molar-refractivity contribution in [3.63, 3.8) is 0 Å². The zero-order valence-electron chi connectivity index (χ0n) is 9.63. The first-order chi connectivity index (χ1) is 6.77. The molecule has 2 atom stereocenters. The van der Waals surface area contributed by atoms with Gasteiger partial charge < -0.3 is 5.32 Å². The molecule has 82 valence electrons. The quantitative estimate of drug-likeness (QED) is 0.738. The minimum absolute atomic E-state index is 0.802. The number of nitrogens with one attached hydrogen (secondary N) is 1. The molecule has 2 unspecified atom stereocenters. The van der Waals surface area contributed by atoms with Gasteiger partial charge >= 0.3 is 0 Å². The Kier molecular flexibility index (Phi) is 3.45. The van der Waals surface area contributed by atoms with Crippen molar-refractivity contribution in [1.29, 1.82) is 0 Å². The molecule has 2 heteroatoms. The lowest BCUT2D eigenvalue weighted by molar-refractivity contribution is 0.297. The fourth-order valence-electron chi connectivity index (χ4n) is 2.88. The summed E-state index contributed by atoms with van der Waals surface area (Å²) in [5, 5.41) is 3.74. The van der Waals surface area contributed by atoms with Gasteiger partial charge in [0.05, 0.1) is 0 Å². The molecule has 2 saturated heterocycles. The Morgan fingerprint density at radius 1 is 1.29 bits per heavy atom. The maximum Gasteiger partial charge on any atom is 0.0250 e. The molecule has 2 heterocycles. The van der Waals surface area contributed by atoms with Crippen LogP contribution >= 0.6 is 0 Å². The highest BCUT2D eigenvalue weighted by atomic mass is 15.2. The lowest BCUT2D eigenvalue weighted by Crippen LogP contribution is -2.39. The van der Waals surface area contributed by atoms with E-state index in [1.807, 2.05) is 0 Å². The molecule has 1 N–H and O–H groups in total. The fraction of sp³-hybridized carbons (Fsp3) is 1.00. The summed E-state index contributed by atoms with van der Waals surface area (Å²) in [7, 11) is 0. The van der Waals surface area contributed by atoms with Crippen LogP contribution in [0.15, 0.2) is 0 Å². The van der Waals surface area contributed by atoms with E-state index < -0.39 is 0 Å². The van der Waals surface area contributed by atoms with Gasteiger partial charge in [-0.15, -0.1) is 0 Å². The van der Waals surface area contributed by atoms with Gasteiger partial charge in [-0.3, -0.25) is 4.90 Å². The Hall–Kier alpha value is -0.0800. The molecule has 0 saturated carbocycles. The van der Waals surface area contributed by atoms with Crippen LogP contribution in [0.2, 0.25) is 0 Å². The number of nitrogens with zero attached hydrogens (tertiary/aromatic N) is 1. The molecule has 0 radical (unpaired) electrons. The van der Waals surface area contributed by atoms with Crippen LogP contribution in [0, 0.1) is 5.92 Å². The zero-order valence-corrected chi connectivity index (χ0v) is 9.63. The zero-order chi connectivity index (χ0) is 9.97. The smallest absolute Gasteiger partial charge is 0.0250 e. The maximum absolute atomic E-state index is 3.74. The van der Waals surface area contributed by atoms with Gasteiger partial charge in [0, 0.05) is 18.6 Å². The van der Waals surface area contributed by atoms with Crippen LogP contribution in [0.3, 0.4) is 0 Å². The Labute approximate surface area is 88.1 Å². The van der Waals surface area contributed by atoms with Crippen molar-refractivity contribution < 1.29 is 0 Å². The third-order valence-corrected chi connectivity index (χ3v) is 3.73. The number of hydrogen-bond donors (Lipinski definition) is 1. The highest BCUT2D eigenvalue weighted by molar-refractivity contribution is 4.95. The predicted octanol–water partition coefficient (Wildman–Crippen LogP) is 1.86. The topological polar surface area (TPSA) is 15.3 Å². The molecule has 2 nitrogen and oxygen atoms in total. The molecule has 0 spiro atoms. The molecule has 0 aromatic rings. The van der Waals surface area contributed by atoms with Crippen molar-refractivity contribution in [2.45, 2.75) is 51.6 Å². The highest BCUT2D eigenvalue weighted by Gasteiger charge is 2.36. The molecule has 2 fully saturated rings. The Morgan fingerprint density at radius 3 is 2.93 bits per heavy atom. The van der Waals surface area contributed by atoms with E-state index in [1.54, 1.807) is 0 Å². The summed E-state index contributed by atoms with van der Waals surface area (Å²) in [6, 6.07) is 1.68. The van der Waals surface area contributed by atoms with Gasteiger partial charge in [-0.2, -0.15) is 0 Å². The van der Waals surface area contributed by atoms with Gasteiger partial charge in [0.1, 0.15) is 0 Å². The number of fused-ring (bicyclic) bond motifs is 1. The SMILES string of the molecule is CC(C)CCNC1CCN2CCCC12. The van der Waals surface area contributed by atoms with Crippen LogP contribution in [0.1, 0.15) is 39.5 Å². The maximum atomic E-state index is 3.74. The first-order valence-corrected chi connectivity index (χ1v) is 6.25. The van der Waals surface area contributed by atoms with E-state index in [1.165, 1.54) is 45.3 Å². The van der Waals surface area contributed by atoms with E-state index >= 15 is 0 Å². The minimum Gasteiger partial charge on any atom is -0.312 e. The monoisotopic (exact) mass is 196 g/mol. The van der Waals surface area contributed by atoms with E-state index in [-0.39, 0.29) is 0 Å². The van der Waals surface area contributed by atoms with Crippen LogP contribution in [0.25, 0.3) is 0 Å². The van der Waals surface area contributed by atoms with Crippen LogP contribution < -0.4 is 5.32 Å². The van der Waals surface area contributed by atoms with E-state index in [9.17, 15) is 0 Å². The molecule has 0 aliphatic carbocycles. The van der Waals surface area contributed by atoms with Crippen molar-refractivity contribution in [2.75, 3.05) is 19.6 Å². The van der Waals surface area contributed by atoms with Gasteiger partial charge in [0.2, 0.25) is 0 Å². The second-order valence-corrected chi connectivity index (χ2v) is 5.28. The molecule has 2 rings (SSSR count). The summed E-state index contributed by atoms with van der Waals surface area (Å²) in [5.41, 5.74) is 0. The normalized spacial score (nSPS) is 32.8. The largest absolute Gasteiger partial charge is 0.312 e. The summed E-state index contributed by atoms with van der Waals surface area (Å²) in [5.74, 6) is 0.837. The molecule has 2 aliphatic heterocycles. The second kappa shape index (κ2) is 4.63. The fourth-order valence-corrected chi connectivity index (χ4v) is 2.88. The van der Waals surface area contributed by atoms with Crippen LogP contribution in [0.5, 0.6) is 0 Å². The first kappa shape index (κ1) is 10.4. The molecule has 2 aliphatic rings. The standard InChI is InChI=1S/C12H24N2/c1-10(2)5-7-13-11-6-9-14-8-3-4-12(11)14/h10-13H,3-9H2,1-2H3. The summed E-state index contributed by atoms with van der Waals surface area (Å²) in [4.78, 5) is 2.67. The lowest BCUT2D eigenvalue weighted by atomic mass is 10.1. The minimum atomic E-state index is 0.802. The van der Waals surface area contributed by atoms with E-state index in [0.717, 1.165) is 18.0 Å². The number of rotatable bonds is 4. The summed E-state index contributed by atoms with van der Waals surface area (Å²) in [6.45, 7) is 8.51. The average Bonchev–Trinajstić information content (AvgIpc) is 2.67. The second-order valence-electron chi connectivity index (χ2n) is 5.28. The molecule has 0 aromatic heterocycles. The number of hydrogen-bond acceptors (Lipinski definition) is 2. The van der Waals surface area contributed by atoms with Crippen LogP contribution in [-0.4, -0.2) is 36.6 Å². The van der Waals surface area contributed by atoms with Crippen LogP contribution in [-0.2, 0) is 0 Å². The molecular formula is C12H24N2. The van der Waals surface area contributed by atoms with Crippen LogP contribution in [0.4, 0.5) is 0 Å². The van der Waals surface area contributed by atoms with Crippen molar-refractivity contribution in [3.05, 3.63) is 0 Å². The van der Waals surface area contributed by atoms with E-state index in [2.05, 4.69) is 24.1 Å². The first-order valence-electron chi connectivity index (χ1n) is 6.25. The van der Waals surface area contributed by atoms with Crippen molar-refractivity contribution in [3.8, 4) is 0 Å². The summed E-state index contributed by atoms with van der Waals surface area (Å²) >= 11 is 0. The van der Waals surface area contributed by atoms with Gasteiger partial charge in [-0.05, 0) is 44.7 Å². The molecule has 0 aromatic carbocycles. The predicted molar refractivity (Wildman–Crippen MR) is 60.5 cm³/mol. The summed E-state index contributed by atoms with van der Waals surface area (Å²) in [6.07, 6.45) is 5.55. The Bertz CT molecular complexity index is 179. The summed E-state index contributed by atoms with van der Waals surface area (Å²) < 4.78 is 0. The van der Waals surface area contributed by atoms with E-state index in [4.69, 9.17) is 0 Å². The third kappa shape index (κ3) is 2.29. The Morgan fingerprint density at radius 2 is 2.14 bits per heavy atom. The van der Waals surface area contributed by atoms with Crippen molar-refractivity contribution >= 4 is 0 Å². The van der Waals surface area contributed by atoms with E-state index in [0.29, 0.717) is 0 Å². The highest BCUT2D eigenvalue weighted by Crippen LogP contribution is 2.27.